The molecule has 0 bridgehead atoms. The summed E-state index contributed by atoms with van der Waals surface area (Å²) in [5.74, 6) is -0.0754. The summed E-state index contributed by atoms with van der Waals surface area (Å²) in [5.41, 5.74) is 0.699. The van der Waals surface area contributed by atoms with Crippen LogP contribution < -0.4 is 4.74 Å². The number of hydrogen-bond donors (Lipinski definition) is 0. The molecule has 1 aromatic carbocycles. The number of benzene rings is 1. The minimum absolute atomic E-state index is 0.112. The van der Waals surface area contributed by atoms with Crippen LogP contribution in [0.4, 0.5) is 13.2 Å². The molecule has 0 saturated heterocycles. The van der Waals surface area contributed by atoms with Crippen LogP contribution in [0.1, 0.15) is 5.56 Å². The SMILES string of the molecule is COC(=O)Cc1ccc(OCC(Br)C(F)(F)F)cc1. The van der Waals surface area contributed by atoms with Crippen molar-refractivity contribution in [3.63, 3.8) is 0 Å². The summed E-state index contributed by atoms with van der Waals surface area (Å²) in [6.45, 7) is -0.514. The third-order valence-electron chi connectivity index (χ3n) is 2.25. The third kappa shape index (κ3) is 5.50. The third-order valence-corrected chi connectivity index (χ3v) is 3.03. The van der Waals surface area contributed by atoms with E-state index in [-0.39, 0.29) is 12.4 Å². The Kier molecular flexibility index (Phi) is 5.65. The predicted octanol–water partition coefficient (Wildman–Crippen LogP) is 3.11. The summed E-state index contributed by atoms with van der Waals surface area (Å²) in [7, 11) is 1.28. The summed E-state index contributed by atoms with van der Waals surface area (Å²) in [6.07, 6.45) is -4.23. The maximum atomic E-state index is 12.2. The number of alkyl halides is 4. The van der Waals surface area contributed by atoms with Crippen molar-refractivity contribution in [2.24, 2.45) is 0 Å². The second-order valence-corrected chi connectivity index (χ2v) is 4.82. The first kappa shape index (κ1) is 15.8. The standard InChI is InChI=1S/C12H12BrF3O3/c1-18-11(17)6-8-2-4-9(5-3-8)19-7-10(13)12(14,15)16/h2-5,10H,6-7H2,1H3. The molecular formula is C12H12BrF3O3. The summed E-state index contributed by atoms with van der Waals surface area (Å²) in [6, 6.07) is 6.22. The van der Waals surface area contributed by atoms with Crippen LogP contribution >= 0.6 is 15.9 Å². The van der Waals surface area contributed by atoms with Gasteiger partial charge in [0.1, 0.15) is 17.2 Å². The predicted molar refractivity (Wildman–Crippen MR) is 66.4 cm³/mol. The quantitative estimate of drug-likeness (QED) is 0.610. The Bertz CT molecular complexity index is 417. The zero-order chi connectivity index (χ0) is 14.5. The molecule has 0 aliphatic rings. The number of ether oxygens (including phenoxy) is 2. The van der Waals surface area contributed by atoms with E-state index in [9.17, 15) is 18.0 Å². The van der Waals surface area contributed by atoms with E-state index in [1.807, 2.05) is 0 Å². The lowest BCUT2D eigenvalue weighted by atomic mass is 10.1. The number of methoxy groups -OCH3 is 1. The summed E-state index contributed by atoms with van der Waals surface area (Å²) >= 11 is 2.50. The van der Waals surface area contributed by atoms with E-state index in [1.54, 1.807) is 12.1 Å². The van der Waals surface area contributed by atoms with Gasteiger partial charge < -0.3 is 9.47 Å². The fourth-order valence-electron chi connectivity index (χ4n) is 1.21. The molecule has 7 heteroatoms. The van der Waals surface area contributed by atoms with Crippen LogP contribution in [0.3, 0.4) is 0 Å². The van der Waals surface area contributed by atoms with Gasteiger partial charge in [-0.3, -0.25) is 4.79 Å². The molecule has 0 radical (unpaired) electrons. The largest absolute Gasteiger partial charge is 0.492 e. The van der Waals surface area contributed by atoms with Gasteiger partial charge in [0.15, 0.2) is 0 Å². The first-order valence-corrected chi connectivity index (χ1v) is 6.24. The average molecular weight is 341 g/mol. The Morgan fingerprint density at radius 1 is 1.32 bits per heavy atom. The Morgan fingerprint density at radius 3 is 2.37 bits per heavy atom. The van der Waals surface area contributed by atoms with Gasteiger partial charge in [0.2, 0.25) is 0 Å². The summed E-state index contributed by atoms with van der Waals surface area (Å²) < 4.78 is 46.2. The van der Waals surface area contributed by atoms with Crippen molar-refractivity contribution < 1.29 is 27.4 Å². The van der Waals surface area contributed by atoms with Crippen LogP contribution in [0.5, 0.6) is 5.75 Å². The van der Waals surface area contributed by atoms with Gasteiger partial charge in [-0.15, -0.1) is 0 Å². The highest BCUT2D eigenvalue weighted by Gasteiger charge is 2.38. The van der Waals surface area contributed by atoms with Crippen molar-refractivity contribution in [1.82, 2.24) is 0 Å². The second kappa shape index (κ2) is 6.79. The smallest absolute Gasteiger partial charge is 0.404 e. The molecule has 1 unspecified atom stereocenters. The first-order chi connectivity index (χ1) is 8.82. The Hall–Kier alpha value is -1.24. The van der Waals surface area contributed by atoms with Crippen molar-refractivity contribution in [2.45, 2.75) is 17.4 Å². The highest BCUT2D eigenvalue weighted by atomic mass is 79.9. The van der Waals surface area contributed by atoms with Crippen LogP contribution in [-0.2, 0) is 16.0 Å². The maximum Gasteiger partial charge on any atom is 0.404 e. The molecule has 1 rings (SSSR count). The van der Waals surface area contributed by atoms with Crippen molar-refractivity contribution in [3.05, 3.63) is 29.8 Å². The van der Waals surface area contributed by atoms with Crippen LogP contribution in [0.25, 0.3) is 0 Å². The zero-order valence-corrected chi connectivity index (χ0v) is 11.6. The van der Waals surface area contributed by atoms with Crippen molar-refractivity contribution >= 4 is 21.9 Å². The van der Waals surface area contributed by atoms with E-state index in [2.05, 4.69) is 20.7 Å². The topological polar surface area (TPSA) is 35.5 Å². The van der Waals surface area contributed by atoms with E-state index in [1.165, 1.54) is 19.2 Å². The van der Waals surface area contributed by atoms with Gasteiger partial charge in [0.05, 0.1) is 13.5 Å². The van der Waals surface area contributed by atoms with Crippen molar-refractivity contribution in [1.29, 1.82) is 0 Å². The number of halogens is 4. The molecule has 0 fully saturated rings. The lowest BCUT2D eigenvalue weighted by molar-refractivity contribution is -0.139. The number of hydrogen-bond acceptors (Lipinski definition) is 3. The normalized spacial score (nSPS) is 12.9. The van der Waals surface area contributed by atoms with E-state index >= 15 is 0 Å². The molecule has 106 valence electrons. The van der Waals surface area contributed by atoms with Gasteiger partial charge in [-0.2, -0.15) is 13.2 Å². The molecule has 0 aromatic heterocycles. The van der Waals surface area contributed by atoms with Crippen LogP contribution in [0, 0.1) is 0 Å². The van der Waals surface area contributed by atoms with Crippen LogP contribution in [-0.4, -0.2) is 30.7 Å². The van der Waals surface area contributed by atoms with Crippen molar-refractivity contribution in [3.8, 4) is 5.75 Å². The molecule has 0 heterocycles. The number of rotatable bonds is 5. The van der Waals surface area contributed by atoms with E-state index < -0.39 is 17.6 Å². The number of carbonyl (C=O) groups is 1. The lowest BCUT2D eigenvalue weighted by Crippen LogP contribution is -2.28. The number of carbonyl (C=O) groups excluding carboxylic acids is 1. The number of esters is 1. The molecular weight excluding hydrogens is 329 g/mol. The van der Waals surface area contributed by atoms with Crippen LogP contribution in [0.15, 0.2) is 24.3 Å². The highest BCUT2D eigenvalue weighted by Crippen LogP contribution is 2.27. The molecule has 0 amide bonds. The first-order valence-electron chi connectivity index (χ1n) is 5.32. The van der Waals surface area contributed by atoms with Crippen LogP contribution in [0.2, 0.25) is 0 Å². The van der Waals surface area contributed by atoms with Crippen molar-refractivity contribution in [2.75, 3.05) is 13.7 Å². The fourth-order valence-corrected chi connectivity index (χ4v) is 1.34. The summed E-state index contributed by atoms with van der Waals surface area (Å²) in [5, 5.41) is 0. The Labute approximate surface area is 116 Å². The van der Waals surface area contributed by atoms with Gasteiger partial charge in [0, 0.05) is 0 Å². The van der Waals surface area contributed by atoms with E-state index in [4.69, 9.17) is 4.74 Å². The minimum atomic E-state index is -4.34. The molecule has 1 aromatic rings. The average Bonchev–Trinajstić information content (AvgIpc) is 2.36. The molecule has 0 aliphatic heterocycles. The monoisotopic (exact) mass is 340 g/mol. The molecule has 1 atom stereocenters. The molecule has 0 N–H and O–H groups in total. The van der Waals surface area contributed by atoms with Gasteiger partial charge >= 0.3 is 12.1 Å². The maximum absolute atomic E-state index is 12.2. The van der Waals surface area contributed by atoms with E-state index in [0.29, 0.717) is 11.3 Å². The zero-order valence-electron chi connectivity index (χ0n) is 10.0. The molecule has 0 spiro atoms. The van der Waals surface area contributed by atoms with E-state index in [0.717, 1.165) is 0 Å². The van der Waals surface area contributed by atoms with Gasteiger partial charge in [-0.05, 0) is 17.7 Å². The fraction of sp³-hybridized carbons (Fsp3) is 0.417. The molecule has 0 saturated carbocycles. The molecule has 3 nitrogen and oxygen atoms in total. The highest BCUT2D eigenvalue weighted by molar-refractivity contribution is 9.09. The lowest BCUT2D eigenvalue weighted by Gasteiger charge is -2.14. The molecule has 19 heavy (non-hydrogen) atoms. The van der Waals surface area contributed by atoms with Gasteiger partial charge in [0.25, 0.3) is 0 Å². The van der Waals surface area contributed by atoms with Gasteiger partial charge in [-0.1, -0.05) is 28.1 Å². The van der Waals surface area contributed by atoms with Gasteiger partial charge in [-0.25, -0.2) is 0 Å². The summed E-state index contributed by atoms with van der Waals surface area (Å²) in [4.78, 5) is 9.29. The second-order valence-electron chi connectivity index (χ2n) is 3.72. The molecule has 0 aliphatic carbocycles. The Morgan fingerprint density at radius 2 is 1.89 bits per heavy atom. The minimum Gasteiger partial charge on any atom is -0.492 e. The Balaban J connectivity index is 2.51.